The molecule has 3 unspecified atom stereocenters. The number of fused-ring (bicyclic) bond motifs is 2. The molecule has 0 fully saturated rings. The molecule has 2 aliphatic heterocycles. The van der Waals surface area contributed by atoms with Gasteiger partial charge in [0, 0.05) is 18.2 Å². The third-order valence-corrected chi connectivity index (χ3v) is 8.10. The van der Waals surface area contributed by atoms with Gasteiger partial charge in [-0.05, 0) is 60.6 Å². The Labute approximate surface area is 242 Å². The summed E-state index contributed by atoms with van der Waals surface area (Å²) in [6.07, 6.45) is 5.31. The number of aliphatic hydroxyl groups is 1. The minimum Gasteiger partial charge on any atom is -0.442 e. The molecule has 3 amide bonds. The molecule has 11 nitrogen and oxygen atoms in total. The van der Waals surface area contributed by atoms with Gasteiger partial charge in [0.25, 0.3) is 0 Å². The predicted octanol–water partition coefficient (Wildman–Crippen LogP) is 2.03. The summed E-state index contributed by atoms with van der Waals surface area (Å²) in [6, 6.07) is 16.5. The van der Waals surface area contributed by atoms with Crippen molar-refractivity contribution in [2.24, 2.45) is 5.73 Å². The summed E-state index contributed by atoms with van der Waals surface area (Å²) in [5, 5.41) is 27.4. The van der Waals surface area contributed by atoms with E-state index in [4.69, 9.17) is 15.3 Å². The van der Waals surface area contributed by atoms with Crippen LogP contribution < -0.4 is 21.7 Å². The van der Waals surface area contributed by atoms with Gasteiger partial charge in [-0.3, -0.25) is 14.4 Å². The lowest BCUT2D eigenvalue weighted by Gasteiger charge is -2.29. The number of para-hydroxylation sites is 1. The van der Waals surface area contributed by atoms with E-state index >= 15 is 0 Å². The molecule has 11 heteroatoms. The van der Waals surface area contributed by atoms with E-state index in [0.29, 0.717) is 25.0 Å². The third kappa shape index (κ3) is 5.24. The first-order valence-electron chi connectivity index (χ1n) is 13.7. The molecule has 0 saturated heterocycles. The van der Waals surface area contributed by atoms with Gasteiger partial charge in [-0.1, -0.05) is 43.3 Å². The Bertz CT molecular complexity index is 1630. The Morgan fingerprint density at radius 3 is 2.69 bits per heavy atom. The van der Waals surface area contributed by atoms with Crippen LogP contribution in [0, 0.1) is 11.3 Å². The summed E-state index contributed by atoms with van der Waals surface area (Å²) >= 11 is 0. The van der Waals surface area contributed by atoms with Gasteiger partial charge in [0.15, 0.2) is 5.69 Å². The van der Waals surface area contributed by atoms with Crippen molar-refractivity contribution in [2.45, 2.75) is 56.6 Å². The number of nitrogens with zero attached hydrogens (tertiary/aromatic N) is 2. The van der Waals surface area contributed by atoms with Gasteiger partial charge in [0.1, 0.15) is 23.6 Å². The summed E-state index contributed by atoms with van der Waals surface area (Å²) in [5.74, 6) is -1.11. The van der Waals surface area contributed by atoms with Gasteiger partial charge < -0.3 is 31.2 Å². The number of carbonyl (C=O) groups excluding carboxylic acids is 3. The second-order valence-electron chi connectivity index (χ2n) is 10.8. The number of hydrogen-bond donors (Lipinski definition) is 5. The summed E-state index contributed by atoms with van der Waals surface area (Å²) in [7, 11) is 0. The number of anilines is 1. The van der Waals surface area contributed by atoms with Crippen molar-refractivity contribution >= 4 is 29.1 Å². The molecule has 42 heavy (non-hydrogen) atoms. The number of rotatable bonds is 3. The van der Waals surface area contributed by atoms with Crippen LogP contribution in [0.25, 0.3) is 5.70 Å². The molecule has 3 aromatic rings. The molecular formula is C31H32N6O5. The third-order valence-electron chi connectivity index (χ3n) is 8.10. The zero-order valence-corrected chi connectivity index (χ0v) is 23.4. The molecule has 0 radical (unpaired) electrons. The molecule has 1 aliphatic carbocycles. The zero-order chi connectivity index (χ0) is 30.1. The first-order valence-corrected chi connectivity index (χ1v) is 13.7. The van der Waals surface area contributed by atoms with E-state index in [1.165, 1.54) is 18.8 Å². The quantitative estimate of drug-likeness (QED) is 0.318. The summed E-state index contributed by atoms with van der Waals surface area (Å²) in [5.41, 5.74) is 8.91. The SMILES string of the molecule is CCC(C)(O)C(N)=O.N#Cc1coc(/C2=C\C34c5cc(ccc5CC3Nc3ccccc34)CCC(=O)NCC(=O)N2)n1. The Morgan fingerprint density at radius 2 is 2.00 bits per heavy atom. The highest BCUT2D eigenvalue weighted by Gasteiger charge is 2.52. The Kier molecular flexibility index (Phi) is 7.58. The Morgan fingerprint density at radius 1 is 1.21 bits per heavy atom. The topological polar surface area (TPSA) is 183 Å². The standard InChI is InChI=1S/C26H21N5O3.C5H11NO2/c27-12-17-14-34-25(29-17)21-11-26-18-3-1-2-4-20(18)30-22(26)10-16-7-5-15(9-19(16)26)6-8-23(32)28-13-24(33)31-21;1-3-5(2,8)4(6)7/h1-5,7,9,11,14,22,30H,6,8,10,13H2,(H,28,32)(H,31,33);8H,3H2,1-2H3,(H2,6,7)/b21-11+;. The average Bonchev–Trinajstić information content (AvgIpc) is 3.66. The van der Waals surface area contributed by atoms with Gasteiger partial charge in [-0.25, -0.2) is 0 Å². The van der Waals surface area contributed by atoms with Gasteiger partial charge >= 0.3 is 0 Å². The number of primary amides is 1. The maximum Gasteiger partial charge on any atom is 0.249 e. The van der Waals surface area contributed by atoms with Gasteiger partial charge in [0.2, 0.25) is 23.6 Å². The Hall–Kier alpha value is -4.95. The molecule has 1 aromatic heterocycles. The molecule has 3 heterocycles. The van der Waals surface area contributed by atoms with Gasteiger partial charge in [-0.2, -0.15) is 10.2 Å². The molecular weight excluding hydrogens is 536 g/mol. The highest BCUT2D eigenvalue weighted by atomic mass is 16.3. The van der Waals surface area contributed by atoms with Crippen LogP contribution in [0.1, 0.15) is 60.5 Å². The first-order chi connectivity index (χ1) is 20.1. The number of nitrogens with one attached hydrogen (secondary N) is 3. The second kappa shape index (κ2) is 11.1. The molecule has 3 aliphatic rings. The molecule has 1 spiro atoms. The molecule has 0 saturated carbocycles. The maximum atomic E-state index is 12.8. The number of nitriles is 1. The number of nitrogens with two attached hydrogens (primary N) is 1. The van der Waals surface area contributed by atoms with E-state index < -0.39 is 22.8 Å². The minimum atomic E-state index is -1.32. The maximum absolute atomic E-state index is 12.8. The number of hydrogen-bond acceptors (Lipinski definition) is 8. The predicted molar refractivity (Wildman–Crippen MR) is 154 cm³/mol. The summed E-state index contributed by atoms with van der Waals surface area (Å²) in [6.45, 7) is 2.93. The van der Waals surface area contributed by atoms with Crippen molar-refractivity contribution in [1.82, 2.24) is 15.6 Å². The van der Waals surface area contributed by atoms with E-state index in [-0.39, 0.29) is 30.1 Å². The van der Waals surface area contributed by atoms with Crippen molar-refractivity contribution in [1.29, 1.82) is 5.26 Å². The highest BCUT2D eigenvalue weighted by Crippen LogP contribution is 2.54. The number of aryl methyl sites for hydroxylation is 1. The number of benzene rings is 2. The van der Waals surface area contributed by atoms with Crippen LogP contribution in [0.5, 0.6) is 0 Å². The smallest absolute Gasteiger partial charge is 0.249 e. The summed E-state index contributed by atoms with van der Waals surface area (Å²) < 4.78 is 5.59. The van der Waals surface area contributed by atoms with Crippen molar-refractivity contribution < 1.29 is 23.9 Å². The fourth-order valence-electron chi connectivity index (χ4n) is 5.54. The highest BCUT2D eigenvalue weighted by molar-refractivity contribution is 5.91. The van der Waals surface area contributed by atoms with E-state index in [1.54, 1.807) is 6.92 Å². The van der Waals surface area contributed by atoms with Crippen LogP contribution >= 0.6 is 0 Å². The molecule has 2 aromatic carbocycles. The van der Waals surface area contributed by atoms with Crippen molar-refractivity contribution in [3.63, 3.8) is 0 Å². The first kappa shape index (κ1) is 28.6. The largest absolute Gasteiger partial charge is 0.442 e. The van der Waals surface area contributed by atoms with Crippen molar-refractivity contribution in [2.75, 3.05) is 11.9 Å². The monoisotopic (exact) mass is 568 g/mol. The van der Waals surface area contributed by atoms with Crippen molar-refractivity contribution in [3.8, 4) is 6.07 Å². The minimum absolute atomic E-state index is 0.0253. The fourth-order valence-corrected chi connectivity index (χ4v) is 5.54. The zero-order valence-electron chi connectivity index (χ0n) is 23.4. The van der Waals surface area contributed by atoms with Crippen molar-refractivity contribution in [3.05, 3.63) is 88.6 Å². The molecule has 216 valence electrons. The average molecular weight is 569 g/mol. The summed E-state index contributed by atoms with van der Waals surface area (Å²) in [4.78, 5) is 39.6. The normalized spacial score (nSPS) is 23.2. The second-order valence-corrected chi connectivity index (χ2v) is 10.8. The van der Waals surface area contributed by atoms with E-state index in [0.717, 1.165) is 28.8 Å². The lowest BCUT2D eigenvalue weighted by Crippen LogP contribution is -2.39. The molecule has 2 bridgehead atoms. The van der Waals surface area contributed by atoms with E-state index in [9.17, 15) is 19.6 Å². The number of aromatic nitrogens is 1. The van der Waals surface area contributed by atoms with Crippen LogP contribution in [0.2, 0.25) is 0 Å². The van der Waals surface area contributed by atoms with Gasteiger partial charge in [-0.15, -0.1) is 0 Å². The lowest BCUT2D eigenvalue weighted by molar-refractivity contribution is -0.134. The molecule has 6 N–H and O–H groups in total. The number of oxazole rings is 1. The lowest BCUT2D eigenvalue weighted by atomic mass is 9.73. The van der Waals surface area contributed by atoms with E-state index in [1.807, 2.05) is 24.3 Å². The number of amides is 3. The van der Waals surface area contributed by atoms with Crippen LogP contribution in [-0.4, -0.2) is 46.0 Å². The van der Waals surface area contributed by atoms with Crippen LogP contribution in [0.3, 0.4) is 0 Å². The Balaban J connectivity index is 0.000000390. The fraction of sp³-hybridized carbons (Fsp3) is 0.323. The number of carbonyl (C=O) groups is 3. The molecule has 6 rings (SSSR count). The molecule has 3 atom stereocenters. The van der Waals surface area contributed by atoms with Crippen LogP contribution in [0.4, 0.5) is 5.69 Å². The van der Waals surface area contributed by atoms with Gasteiger partial charge in [0.05, 0.1) is 12.0 Å². The van der Waals surface area contributed by atoms with Crippen LogP contribution in [-0.2, 0) is 32.6 Å². The van der Waals surface area contributed by atoms with E-state index in [2.05, 4.69) is 51.3 Å². The van der Waals surface area contributed by atoms with Crippen LogP contribution in [0.15, 0.2) is 59.2 Å².